The maximum Gasteiger partial charge on any atom is 0.138 e. The van der Waals surface area contributed by atoms with E-state index in [1.54, 1.807) is 0 Å². The van der Waals surface area contributed by atoms with Gasteiger partial charge in [0.15, 0.2) is 0 Å². The minimum absolute atomic E-state index is 0.607. The normalized spacial score (nSPS) is 10.4. The molecule has 0 aliphatic heterocycles. The Balaban J connectivity index is 1.71. The van der Waals surface area contributed by atoms with Crippen molar-refractivity contribution in [3.05, 3.63) is 64.7 Å². The molecule has 2 rings (SSSR count). The van der Waals surface area contributed by atoms with Gasteiger partial charge in [-0.15, -0.1) is 0 Å². The lowest BCUT2D eigenvalue weighted by Gasteiger charge is -2.09. The van der Waals surface area contributed by atoms with Crippen molar-refractivity contribution in [2.75, 3.05) is 13.2 Å². The van der Waals surface area contributed by atoms with Crippen LogP contribution in [-0.4, -0.2) is 13.2 Å². The molecular formula is C16H18ClNO. The number of ether oxygens (including phenoxy) is 1. The van der Waals surface area contributed by atoms with Crippen molar-refractivity contribution in [1.29, 1.82) is 0 Å². The van der Waals surface area contributed by atoms with Gasteiger partial charge >= 0.3 is 0 Å². The van der Waals surface area contributed by atoms with Crippen LogP contribution < -0.4 is 10.1 Å². The zero-order chi connectivity index (χ0) is 13.5. The first kappa shape index (κ1) is 13.9. The molecule has 100 valence electrons. The van der Waals surface area contributed by atoms with Crippen LogP contribution >= 0.6 is 11.6 Å². The zero-order valence-electron chi connectivity index (χ0n) is 11.0. The zero-order valence-corrected chi connectivity index (χ0v) is 11.8. The van der Waals surface area contributed by atoms with Gasteiger partial charge in [0.2, 0.25) is 0 Å². The average Bonchev–Trinajstić information content (AvgIpc) is 2.43. The molecule has 0 bridgehead atoms. The van der Waals surface area contributed by atoms with Crippen molar-refractivity contribution in [3.8, 4) is 5.75 Å². The van der Waals surface area contributed by atoms with Crippen LogP contribution in [0, 0.1) is 6.92 Å². The van der Waals surface area contributed by atoms with Gasteiger partial charge in [-0.2, -0.15) is 0 Å². The highest BCUT2D eigenvalue weighted by molar-refractivity contribution is 6.32. The highest BCUT2D eigenvalue weighted by Gasteiger charge is 2.01. The van der Waals surface area contributed by atoms with Crippen LogP contribution in [0.15, 0.2) is 48.5 Å². The summed E-state index contributed by atoms with van der Waals surface area (Å²) in [6.07, 6.45) is 0. The van der Waals surface area contributed by atoms with E-state index in [9.17, 15) is 0 Å². The van der Waals surface area contributed by atoms with E-state index in [1.807, 2.05) is 43.3 Å². The Kier molecular flexibility index (Phi) is 5.25. The Morgan fingerprint density at radius 2 is 1.89 bits per heavy atom. The third-order valence-corrected chi connectivity index (χ3v) is 3.11. The summed E-state index contributed by atoms with van der Waals surface area (Å²) in [5.41, 5.74) is 2.42. The number of hydrogen-bond donors (Lipinski definition) is 1. The van der Waals surface area contributed by atoms with Gasteiger partial charge < -0.3 is 10.1 Å². The SMILES string of the molecule is Cc1ccc(Cl)c(OCCNCc2ccccc2)c1. The summed E-state index contributed by atoms with van der Waals surface area (Å²) in [6.45, 7) is 4.28. The molecule has 0 unspecified atom stereocenters. The molecular weight excluding hydrogens is 258 g/mol. The summed E-state index contributed by atoms with van der Waals surface area (Å²) in [4.78, 5) is 0. The molecule has 0 radical (unpaired) electrons. The molecule has 2 aromatic rings. The Bertz CT molecular complexity index is 513. The summed E-state index contributed by atoms with van der Waals surface area (Å²) in [7, 11) is 0. The minimum atomic E-state index is 0.607. The number of rotatable bonds is 6. The van der Waals surface area contributed by atoms with Crippen molar-refractivity contribution in [2.24, 2.45) is 0 Å². The van der Waals surface area contributed by atoms with Gasteiger partial charge in [0, 0.05) is 13.1 Å². The van der Waals surface area contributed by atoms with Crippen molar-refractivity contribution in [1.82, 2.24) is 5.32 Å². The predicted molar refractivity (Wildman–Crippen MR) is 79.8 cm³/mol. The molecule has 0 amide bonds. The Morgan fingerprint density at radius 3 is 2.68 bits per heavy atom. The van der Waals surface area contributed by atoms with Gasteiger partial charge in [0.1, 0.15) is 12.4 Å². The topological polar surface area (TPSA) is 21.3 Å². The van der Waals surface area contributed by atoms with Crippen LogP contribution in [0.3, 0.4) is 0 Å². The largest absolute Gasteiger partial charge is 0.491 e. The van der Waals surface area contributed by atoms with Crippen LogP contribution in [0.1, 0.15) is 11.1 Å². The lowest BCUT2D eigenvalue weighted by molar-refractivity contribution is 0.313. The second kappa shape index (κ2) is 7.17. The molecule has 1 N–H and O–H groups in total. The lowest BCUT2D eigenvalue weighted by atomic mass is 10.2. The summed E-state index contributed by atoms with van der Waals surface area (Å²) in [5, 5.41) is 4.00. The quantitative estimate of drug-likeness (QED) is 0.810. The first-order valence-electron chi connectivity index (χ1n) is 6.39. The molecule has 0 saturated carbocycles. The molecule has 2 aromatic carbocycles. The highest BCUT2D eigenvalue weighted by Crippen LogP contribution is 2.24. The summed E-state index contributed by atoms with van der Waals surface area (Å²) < 4.78 is 5.66. The number of hydrogen-bond acceptors (Lipinski definition) is 2. The molecule has 0 aromatic heterocycles. The molecule has 3 heteroatoms. The molecule has 0 fully saturated rings. The van der Waals surface area contributed by atoms with Gasteiger partial charge in [-0.1, -0.05) is 48.0 Å². The summed E-state index contributed by atoms with van der Waals surface area (Å²) in [6, 6.07) is 16.1. The van der Waals surface area contributed by atoms with Crippen molar-refractivity contribution in [3.63, 3.8) is 0 Å². The standard InChI is InChI=1S/C16H18ClNO/c1-13-7-8-15(17)16(11-13)19-10-9-18-12-14-5-3-2-4-6-14/h2-8,11,18H,9-10,12H2,1H3. The summed E-state index contributed by atoms with van der Waals surface area (Å²) >= 11 is 6.06. The Labute approximate surface area is 119 Å². The Morgan fingerprint density at radius 1 is 1.11 bits per heavy atom. The van der Waals surface area contributed by atoms with Gasteiger partial charge in [0.05, 0.1) is 5.02 Å². The molecule has 0 spiro atoms. The fourth-order valence-corrected chi connectivity index (χ4v) is 1.96. The van der Waals surface area contributed by atoms with Crippen LogP contribution in [0.5, 0.6) is 5.75 Å². The molecule has 0 atom stereocenters. The minimum Gasteiger partial charge on any atom is -0.491 e. The fourth-order valence-electron chi connectivity index (χ4n) is 1.78. The second-order valence-electron chi connectivity index (χ2n) is 4.44. The van der Waals surface area contributed by atoms with E-state index in [2.05, 4.69) is 17.4 Å². The third-order valence-electron chi connectivity index (χ3n) is 2.80. The van der Waals surface area contributed by atoms with E-state index in [4.69, 9.17) is 16.3 Å². The van der Waals surface area contributed by atoms with Gasteiger partial charge in [-0.05, 0) is 30.2 Å². The van der Waals surface area contributed by atoms with Crippen molar-refractivity contribution in [2.45, 2.75) is 13.5 Å². The van der Waals surface area contributed by atoms with E-state index >= 15 is 0 Å². The van der Waals surface area contributed by atoms with Crippen LogP contribution in [-0.2, 0) is 6.54 Å². The fraction of sp³-hybridized carbons (Fsp3) is 0.250. The maximum absolute atomic E-state index is 6.06. The molecule has 0 saturated heterocycles. The van der Waals surface area contributed by atoms with Gasteiger partial charge in [-0.25, -0.2) is 0 Å². The van der Waals surface area contributed by atoms with Crippen LogP contribution in [0.25, 0.3) is 0 Å². The monoisotopic (exact) mass is 275 g/mol. The number of aryl methyl sites for hydroxylation is 1. The first-order valence-corrected chi connectivity index (χ1v) is 6.77. The molecule has 19 heavy (non-hydrogen) atoms. The van der Waals surface area contributed by atoms with E-state index in [0.717, 1.165) is 24.4 Å². The molecule has 0 heterocycles. The van der Waals surface area contributed by atoms with E-state index in [-0.39, 0.29) is 0 Å². The van der Waals surface area contributed by atoms with Crippen molar-refractivity contribution >= 4 is 11.6 Å². The maximum atomic E-state index is 6.06. The van der Waals surface area contributed by atoms with E-state index in [1.165, 1.54) is 5.56 Å². The molecule has 2 nitrogen and oxygen atoms in total. The smallest absolute Gasteiger partial charge is 0.138 e. The van der Waals surface area contributed by atoms with Crippen LogP contribution in [0.4, 0.5) is 0 Å². The van der Waals surface area contributed by atoms with Gasteiger partial charge in [-0.3, -0.25) is 0 Å². The first-order chi connectivity index (χ1) is 9.25. The summed E-state index contributed by atoms with van der Waals surface area (Å²) in [5.74, 6) is 0.753. The van der Waals surface area contributed by atoms with Crippen LogP contribution in [0.2, 0.25) is 5.02 Å². The van der Waals surface area contributed by atoms with Gasteiger partial charge in [0.25, 0.3) is 0 Å². The number of nitrogens with one attached hydrogen (secondary N) is 1. The second-order valence-corrected chi connectivity index (χ2v) is 4.85. The number of benzene rings is 2. The molecule has 0 aliphatic rings. The number of halogens is 1. The van der Waals surface area contributed by atoms with E-state index in [0.29, 0.717) is 11.6 Å². The molecule has 0 aliphatic carbocycles. The van der Waals surface area contributed by atoms with E-state index < -0.39 is 0 Å². The Hall–Kier alpha value is -1.51. The average molecular weight is 276 g/mol. The predicted octanol–water partition coefficient (Wildman–Crippen LogP) is 3.82. The highest BCUT2D eigenvalue weighted by atomic mass is 35.5. The lowest BCUT2D eigenvalue weighted by Crippen LogP contribution is -2.20. The third kappa shape index (κ3) is 4.58. The van der Waals surface area contributed by atoms with Crippen molar-refractivity contribution < 1.29 is 4.74 Å².